The Morgan fingerprint density at radius 2 is 1.96 bits per heavy atom. The van der Waals surface area contributed by atoms with Crippen molar-refractivity contribution in [3.8, 4) is 0 Å². The van der Waals surface area contributed by atoms with Gasteiger partial charge in [0.2, 0.25) is 0 Å². The Labute approximate surface area is 133 Å². The number of esters is 1. The van der Waals surface area contributed by atoms with Crippen LogP contribution in [0.4, 0.5) is 15.3 Å². The quantitative estimate of drug-likeness (QED) is 0.861. The summed E-state index contributed by atoms with van der Waals surface area (Å²) in [6, 6.07) is 5.95. The lowest BCUT2D eigenvalue weighted by Gasteiger charge is -2.26. The number of urea groups is 1. The Balaban J connectivity index is 2.06. The second kappa shape index (κ2) is 7.48. The Kier molecular flexibility index (Phi) is 5.40. The molecule has 124 valence electrons. The summed E-state index contributed by atoms with van der Waals surface area (Å²) >= 11 is 0. The topological polar surface area (TPSA) is 88.2 Å². The average Bonchev–Trinajstić information content (AvgIpc) is 3.04. The predicted molar refractivity (Wildman–Crippen MR) is 81.9 cm³/mol. The molecule has 0 unspecified atom stereocenters. The molecule has 1 heterocycles. The van der Waals surface area contributed by atoms with Gasteiger partial charge in [0.1, 0.15) is 0 Å². The van der Waals surface area contributed by atoms with Gasteiger partial charge in [0.15, 0.2) is 0 Å². The molecule has 1 fully saturated rings. The van der Waals surface area contributed by atoms with Crippen LogP contribution < -0.4 is 5.32 Å². The highest BCUT2D eigenvalue weighted by molar-refractivity contribution is 5.94. The molecule has 0 bridgehead atoms. The summed E-state index contributed by atoms with van der Waals surface area (Å²) in [5.74, 6) is -0.457. The summed E-state index contributed by atoms with van der Waals surface area (Å²) < 4.78 is 9.57. The average molecular weight is 321 g/mol. The molecule has 0 atom stereocenters. The predicted octanol–water partition coefficient (Wildman–Crippen LogP) is 2.08. The summed E-state index contributed by atoms with van der Waals surface area (Å²) in [7, 11) is 1.26. The smallest absolute Gasteiger partial charge is 0.428 e. The monoisotopic (exact) mass is 321 g/mol. The molecular weight excluding hydrogens is 302 g/mol. The number of rotatable bonds is 3. The van der Waals surface area contributed by atoms with Gasteiger partial charge < -0.3 is 14.8 Å². The highest BCUT2D eigenvalue weighted by Crippen LogP contribution is 2.16. The van der Waals surface area contributed by atoms with Crippen LogP contribution in [-0.2, 0) is 9.47 Å². The van der Waals surface area contributed by atoms with Gasteiger partial charge in [-0.25, -0.2) is 24.4 Å². The van der Waals surface area contributed by atoms with E-state index in [4.69, 9.17) is 4.74 Å². The molecule has 23 heavy (non-hydrogen) atoms. The normalized spacial score (nSPS) is 13.7. The third-order valence-electron chi connectivity index (χ3n) is 3.28. The number of ether oxygens (including phenoxy) is 2. The third kappa shape index (κ3) is 3.91. The van der Waals surface area contributed by atoms with Gasteiger partial charge in [0.05, 0.1) is 19.3 Å². The molecule has 1 saturated heterocycles. The van der Waals surface area contributed by atoms with Gasteiger partial charge in [0.25, 0.3) is 0 Å². The van der Waals surface area contributed by atoms with Crippen molar-refractivity contribution in [2.75, 3.05) is 32.1 Å². The van der Waals surface area contributed by atoms with E-state index in [9.17, 15) is 14.4 Å². The Morgan fingerprint density at radius 1 is 1.22 bits per heavy atom. The summed E-state index contributed by atoms with van der Waals surface area (Å²) in [5.41, 5.74) is 0.785. The lowest BCUT2D eigenvalue weighted by Crippen LogP contribution is -2.46. The molecular formula is C15H19N3O5. The number of benzene rings is 1. The standard InChI is InChI=1S/C15H19N3O5/c1-3-23-13(19)11-6-4-7-12(10-11)16-14(20)17-8-5-9-18(17)15(21)22-2/h4,6-7,10H,3,5,8-9H2,1-2H3,(H,16,20). The fraction of sp³-hybridized carbons (Fsp3) is 0.400. The zero-order chi connectivity index (χ0) is 16.8. The molecule has 0 aromatic heterocycles. The molecule has 0 aliphatic carbocycles. The van der Waals surface area contributed by atoms with E-state index in [2.05, 4.69) is 10.1 Å². The number of hydrogen-bond acceptors (Lipinski definition) is 5. The van der Waals surface area contributed by atoms with Gasteiger partial charge in [-0.15, -0.1) is 0 Å². The van der Waals surface area contributed by atoms with E-state index in [1.54, 1.807) is 25.1 Å². The highest BCUT2D eigenvalue weighted by atomic mass is 16.5. The Morgan fingerprint density at radius 3 is 2.65 bits per heavy atom. The lowest BCUT2D eigenvalue weighted by molar-refractivity contribution is 0.0511. The fourth-order valence-electron chi connectivity index (χ4n) is 2.24. The Bertz CT molecular complexity index is 605. The Hall–Kier alpha value is -2.77. The first-order valence-electron chi connectivity index (χ1n) is 7.28. The zero-order valence-electron chi connectivity index (χ0n) is 13.1. The van der Waals surface area contributed by atoms with Crippen LogP contribution in [0.2, 0.25) is 0 Å². The third-order valence-corrected chi connectivity index (χ3v) is 3.28. The van der Waals surface area contributed by atoms with Crippen LogP contribution in [-0.4, -0.2) is 54.9 Å². The van der Waals surface area contributed by atoms with Crippen molar-refractivity contribution in [2.24, 2.45) is 0 Å². The van der Waals surface area contributed by atoms with E-state index < -0.39 is 18.1 Å². The number of hydrogen-bond donors (Lipinski definition) is 1. The molecule has 2 rings (SSSR count). The maximum absolute atomic E-state index is 12.3. The fourth-order valence-corrected chi connectivity index (χ4v) is 2.24. The summed E-state index contributed by atoms with van der Waals surface area (Å²) in [5, 5.41) is 5.18. The van der Waals surface area contributed by atoms with Crippen LogP contribution in [0.15, 0.2) is 24.3 Å². The van der Waals surface area contributed by atoms with Crippen LogP contribution in [0.1, 0.15) is 23.7 Å². The van der Waals surface area contributed by atoms with E-state index >= 15 is 0 Å². The molecule has 0 spiro atoms. The molecule has 0 saturated carbocycles. The van der Waals surface area contributed by atoms with Crippen molar-refractivity contribution < 1.29 is 23.9 Å². The van der Waals surface area contributed by atoms with Crippen LogP contribution in [0.25, 0.3) is 0 Å². The van der Waals surface area contributed by atoms with Gasteiger partial charge >= 0.3 is 18.1 Å². The first kappa shape index (κ1) is 16.6. The van der Waals surface area contributed by atoms with Crippen LogP contribution >= 0.6 is 0 Å². The van der Waals surface area contributed by atoms with Crippen molar-refractivity contribution >= 4 is 23.8 Å². The van der Waals surface area contributed by atoms with Crippen molar-refractivity contribution in [1.82, 2.24) is 10.0 Å². The largest absolute Gasteiger partial charge is 0.462 e. The molecule has 0 radical (unpaired) electrons. The van der Waals surface area contributed by atoms with E-state index in [0.29, 0.717) is 30.8 Å². The van der Waals surface area contributed by atoms with E-state index in [1.807, 2.05) is 0 Å². The minimum atomic E-state index is -0.585. The number of nitrogens with one attached hydrogen (secondary N) is 1. The molecule has 1 aromatic rings. The first-order valence-corrected chi connectivity index (χ1v) is 7.28. The molecule has 1 aromatic carbocycles. The number of carbonyl (C=O) groups excluding carboxylic acids is 3. The molecule has 8 nitrogen and oxygen atoms in total. The number of methoxy groups -OCH3 is 1. The highest BCUT2D eigenvalue weighted by Gasteiger charge is 2.31. The van der Waals surface area contributed by atoms with Crippen LogP contribution in [0, 0.1) is 0 Å². The molecule has 1 aliphatic heterocycles. The minimum absolute atomic E-state index is 0.275. The maximum atomic E-state index is 12.3. The van der Waals surface area contributed by atoms with Gasteiger partial charge in [-0.1, -0.05) is 6.07 Å². The summed E-state index contributed by atoms with van der Waals surface area (Å²) in [6.07, 6.45) is 0.0868. The summed E-state index contributed by atoms with van der Waals surface area (Å²) in [4.78, 5) is 35.6. The minimum Gasteiger partial charge on any atom is -0.462 e. The lowest BCUT2D eigenvalue weighted by atomic mass is 10.2. The number of anilines is 1. The van der Waals surface area contributed by atoms with Crippen molar-refractivity contribution in [3.63, 3.8) is 0 Å². The maximum Gasteiger partial charge on any atom is 0.428 e. The summed E-state index contributed by atoms with van der Waals surface area (Å²) in [6.45, 7) is 2.83. The van der Waals surface area contributed by atoms with Crippen LogP contribution in [0.5, 0.6) is 0 Å². The molecule has 1 N–H and O–H groups in total. The SMILES string of the molecule is CCOC(=O)c1cccc(NC(=O)N2CCCN2C(=O)OC)c1. The second-order valence-corrected chi connectivity index (χ2v) is 4.80. The van der Waals surface area contributed by atoms with Gasteiger partial charge in [-0.3, -0.25) is 0 Å². The number of nitrogens with zero attached hydrogens (tertiary/aromatic N) is 2. The van der Waals surface area contributed by atoms with E-state index in [-0.39, 0.29) is 6.61 Å². The second-order valence-electron chi connectivity index (χ2n) is 4.80. The van der Waals surface area contributed by atoms with E-state index in [0.717, 1.165) is 0 Å². The molecule has 3 amide bonds. The molecule has 1 aliphatic rings. The molecule has 8 heteroatoms. The zero-order valence-corrected chi connectivity index (χ0v) is 13.1. The van der Waals surface area contributed by atoms with Crippen LogP contribution in [0.3, 0.4) is 0 Å². The number of hydrazine groups is 1. The van der Waals surface area contributed by atoms with Crippen molar-refractivity contribution in [2.45, 2.75) is 13.3 Å². The van der Waals surface area contributed by atoms with Crippen molar-refractivity contribution in [3.05, 3.63) is 29.8 Å². The number of carbonyl (C=O) groups is 3. The number of amides is 3. The van der Waals surface area contributed by atoms with E-state index in [1.165, 1.54) is 23.2 Å². The van der Waals surface area contributed by atoms with Crippen molar-refractivity contribution in [1.29, 1.82) is 0 Å². The van der Waals surface area contributed by atoms with Gasteiger partial charge in [0, 0.05) is 18.8 Å². The first-order chi connectivity index (χ1) is 11.1. The van der Waals surface area contributed by atoms with Gasteiger partial charge in [-0.05, 0) is 31.5 Å². The van der Waals surface area contributed by atoms with Gasteiger partial charge in [-0.2, -0.15) is 0 Å².